The Morgan fingerprint density at radius 2 is 1.58 bits per heavy atom. The van der Waals surface area contributed by atoms with Gasteiger partial charge < -0.3 is 0 Å². The highest BCUT2D eigenvalue weighted by Gasteiger charge is 2.20. The summed E-state index contributed by atoms with van der Waals surface area (Å²) >= 11 is 0. The average molecular weight is 348 g/mol. The van der Waals surface area contributed by atoms with Gasteiger partial charge in [-0.15, -0.1) is 0 Å². The fourth-order valence-corrected chi connectivity index (χ4v) is 4.03. The van der Waals surface area contributed by atoms with Crippen LogP contribution in [0.2, 0.25) is 0 Å². The Morgan fingerprint density at radius 1 is 0.962 bits per heavy atom. The number of aromatic nitrogens is 2. The van der Waals surface area contributed by atoms with Crippen molar-refractivity contribution < 1.29 is 0 Å². The van der Waals surface area contributed by atoms with Crippen molar-refractivity contribution in [2.45, 2.75) is 64.7 Å². The van der Waals surface area contributed by atoms with Crippen molar-refractivity contribution in [3.05, 3.63) is 47.8 Å². The number of hydrogen-bond acceptors (Lipinski definition) is 3. The van der Waals surface area contributed by atoms with E-state index in [0.717, 1.165) is 17.4 Å². The van der Waals surface area contributed by atoms with E-state index in [4.69, 9.17) is 5.26 Å². The van der Waals surface area contributed by atoms with Crippen LogP contribution < -0.4 is 0 Å². The van der Waals surface area contributed by atoms with Crippen molar-refractivity contribution in [3.8, 4) is 17.5 Å². The third-order valence-electron chi connectivity index (χ3n) is 5.77. The highest BCUT2D eigenvalue weighted by molar-refractivity contribution is 5.55. The quantitative estimate of drug-likeness (QED) is 0.622. The van der Waals surface area contributed by atoms with Gasteiger partial charge in [-0.25, -0.2) is 9.97 Å². The van der Waals surface area contributed by atoms with E-state index in [-0.39, 0.29) is 0 Å². The molecule has 3 heteroatoms. The summed E-state index contributed by atoms with van der Waals surface area (Å²) in [5.41, 5.74) is 2.90. The van der Waals surface area contributed by atoms with Gasteiger partial charge in [0, 0.05) is 18.0 Å². The molecular weight excluding hydrogens is 318 g/mol. The van der Waals surface area contributed by atoms with E-state index >= 15 is 0 Å². The normalized spacial score (nSPS) is 19.8. The molecule has 1 aliphatic carbocycles. The summed E-state index contributed by atoms with van der Waals surface area (Å²) in [5.74, 6) is 2.59. The van der Waals surface area contributed by atoms with Gasteiger partial charge >= 0.3 is 0 Å². The van der Waals surface area contributed by atoms with Crippen molar-refractivity contribution in [2.24, 2.45) is 11.8 Å². The van der Waals surface area contributed by atoms with E-state index in [0.29, 0.717) is 11.4 Å². The Morgan fingerprint density at radius 3 is 2.15 bits per heavy atom. The lowest BCUT2D eigenvalue weighted by Gasteiger charge is -2.28. The van der Waals surface area contributed by atoms with E-state index in [9.17, 15) is 0 Å². The van der Waals surface area contributed by atoms with Gasteiger partial charge in [0.25, 0.3) is 0 Å². The number of nitriles is 1. The average Bonchev–Trinajstić information content (AvgIpc) is 2.72. The van der Waals surface area contributed by atoms with Gasteiger partial charge in [-0.2, -0.15) is 5.26 Å². The number of aryl methyl sites for hydroxylation is 1. The second-order valence-electron chi connectivity index (χ2n) is 7.67. The molecule has 1 heterocycles. The maximum Gasteiger partial charge on any atom is 0.159 e. The molecular formula is C23H29N3. The minimum absolute atomic E-state index is 0.495. The van der Waals surface area contributed by atoms with E-state index < -0.39 is 0 Å². The van der Waals surface area contributed by atoms with Gasteiger partial charge in [0.15, 0.2) is 5.82 Å². The molecule has 0 spiro atoms. The van der Waals surface area contributed by atoms with Crippen molar-refractivity contribution in [2.75, 3.05) is 0 Å². The highest BCUT2D eigenvalue weighted by atomic mass is 14.9. The van der Waals surface area contributed by atoms with Crippen molar-refractivity contribution >= 4 is 0 Å². The first-order valence-electron chi connectivity index (χ1n) is 10.1. The number of unbranched alkanes of at least 4 members (excludes halogenated alkanes) is 1. The first-order valence-corrected chi connectivity index (χ1v) is 10.1. The first kappa shape index (κ1) is 18.6. The van der Waals surface area contributed by atoms with Crippen LogP contribution in [-0.2, 0) is 6.42 Å². The second kappa shape index (κ2) is 9.48. The SMILES string of the molecule is CCCC[C@H]1CC[C@H](CCc2ccc(-c3ncc(C#N)cn3)cc2)CC1. The molecule has 0 saturated heterocycles. The Bertz CT molecular complexity index is 705. The van der Waals surface area contributed by atoms with Gasteiger partial charge in [-0.1, -0.05) is 76.1 Å². The lowest BCUT2D eigenvalue weighted by molar-refractivity contribution is 0.250. The van der Waals surface area contributed by atoms with Crippen LogP contribution in [0.5, 0.6) is 0 Å². The third kappa shape index (κ3) is 5.14. The summed E-state index contributed by atoms with van der Waals surface area (Å²) in [4.78, 5) is 8.53. The summed E-state index contributed by atoms with van der Waals surface area (Å²) in [6, 6.07) is 10.6. The maximum atomic E-state index is 8.82. The largest absolute Gasteiger partial charge is 0.235 e. The summed E-state index contributed by atoms with van der Waals surface area (Å²) in [6.45, 7) is 2.30. The Hall–Kier alpha value is -2.21. The van der Waals surface area contributed by atoms with E-state index in [2.05, 4.69) is 47.2 Å². The molecule has 0 amide bonds. The molecule has 136 valence electrons. The minimum atomic E-state index is 0.495. The fraction of sp³-hybridized carbons (Fsp3) is 0.522. The van der Waals surface area contributed by atoms with Crippen molar-refractivity contribution in [1.82, 2.24) is 9.97 Å². The lowest BCUT2D eigenvalue weighted by Crippen LogP contribution is -2.15. The van der Waals surface area contributed by atoms with Crippen LogP contribution in [0.1, 0.15) is 69.4 Å². The Labute approximate surface area is 157 Å². The molecule has 2 aromatic rings. The van der Waals surface area contributed by atoms with E-state index in [1.54, 1.807) is 12.4 Å². The van der Waals surface area contributed by atoms with E-state index in [1.165, 1.54) is 63.4 Å². The number of rotatable bonds is 7. The third-order valence-corrected chi connectivity index (χ3v) is 5.77. The zero-order valence-corrected chi connectivity index (χ0v) is 15.8. The van der Waals surface area contributed by atoms with Crippen LogP contribution >= 0.6 is 0 Å². The second-order valence-corrected chi connectivity index (χ2v) is 7.67. The van der Waals surface area contributed by atoms with Crippen LogP contribution in [0.3, 0.4) is 0 Å². The zero-order chi connectivity index (χ0) is 18.2. The van der Waals surface area contributed by atoms with Crippen LogP contribution in [-0.4, -0.2) is 9.97 Å². The molecule has 1 aromatic carbocycles. The predicted octanol–water partition coefficient (Wildman–Crippen LogP) is 5.94. The summed E-state index contributed by atoms with van der Waals surface area (Å²) < 4.78 is 0. The molecule has 1 saturated carbocycles. The molecule has 0 atom stereocenters. The van der Waals surface area contributed by atoms with Gasteiger partial charge in [0.1, 0.15) is 6.07 Å². The summed E-state index contributed by atoms with van der Waals surface area (Å²) in [7, 11) is 0. The summed E-state index contributed by atoms with van der Waals surface area (Å²) in [6.07, 6.45) is 15.6. The monoisotopic (exact) mass is 347 g/mol. The summed E-state index contributed by atoms with van der Waals surface area (Å²) in [5, 5.41) is 8.82. The number of nitrogens with zero attached hydrogens (tertiary/aromatic N) is 3. The lowest BCUT2D eigenvalue weighted by atomic mass is 9.78. The van der Waals surface area contributed by atoms with Gasteiger partial charge in [0.2, 0.25) is 0 Å². The molecule has 0 aliphatic heterocycles. The first-order chi connectivity index (χ1) is 12.8. The van der Waals surface area contributed by atoms with Crippen LogP contribution in [0, 0.1) is 23.2 Å². The standard InChI is InChI=1S/C23H29N3/c1-2-3-4-18-5-7-19(8-6-18)9-10-20-11-13-22(14-12-20)23-25-16-21(15-24)17-26-23/h11-14,16-19H,2-10H2,1H3/t18-,19-. The molecule has 26 heavy (non-hydrogen) atoms. The Balaban J connectivity index is 1.47. The predicted molar refractivity (Wildman–Crippen MR) is 105 cm³/mol. The molecule has 1 aliphatic rings. The van der Waals surface area contributed by atoms with Gasteiger partial charge in [-0.05, 0) is 30.2 Å². The molecule has 0 bridgehead atoms. The zero-order valence-electron chi connectivity index (χ0n) is 15.8. The molecule has 1 aromatic heterocycles. The van der Waals surface area contributed by atoms with Crippen LogP contribution in [0.25, 0.3) is 11.4 Å². The van der Waals surface area contributed by atoms with Gasteiger partial charge in [-0.3, -0.25) is 0 Å². The van der Waals surface area contributed by atoms with Gasteiger partial charge in [0.05, 0.1) is 5.56 Å². The van der Waals surface area contributed by atoms with Crippen molar-refractivity contribution in [1.29, 1.82) is 5.26 Å². The topological polar surface area (TPSA) is 49.6 Å². The smallest absolute Gasteiger partial charge is 0.159 e. The number of benzene rings is 1. The fourth-order valence-electron chi connectivity index (χ4n) is 4.03. The maximum absolute atomic E-state index is 8.82. The minimum Gasteiger partial charge on any atom is -0.235 e. The van der Waals surface area contributed by atoms with E-state index in [1.807, 2.05) is 0 Å². The molecule has 3 nitrogen and oxygen atoms in total. The molecule has 0 radical (unpaired) electrons. The highest BCUT2D eigenvalue weighted by Crippen LogP contribution is 2.34. The van der Waals surface area contributed by atoms with Crippen LogP contribution in [0.15, 0.2) is 36.7 Å². The molecule has 1 fully saturated rings. The van der Waals surface area contributed by atoms with Crippen molar-refractivity contribution in [3.63, 3.8) is 0 Å². The molecule has 3 rings (SSSR count). The van der Waals surface area contributed by atoms with Crippen LogP contribution in [0.4, 0.5) is 0 Å². The molecule has 0 N–H and O–H groups in total. The number of hydrogen-bond donors (Lipinski definition) is 0. The molecule has 0 unspecified atom stereocenters. The Kier molecular flexibility index (Phi) is 6.77.